The number of nitrogens with two attached hydrogens (primary N) is 1. The summed E-state index contributed by atoms with van der Waals surface area (Å²) in [6.45, 7) is 3.96. The van der Waals surface area contributed by atoms with Gasteiger partial charge in [0.05, 0.1) is 0 Å². The standard InChI is InChI=1S/C14H26N2O2/c1-10-4-5-12(7-13(10)15)14(18)16-6-2-3-11(8-16)9-17/h10-13,17H,2-9,15H2,1H3. The van der Waals surface area contributed by atoms with Gasteiger partial charge in [-0.3, -0.25) is 4.79 Å². The SMILES string of the molecule is CC1CCC(C(=O)N2CCCC(CO)C2)CC1N. The van der Waals surface area contributed by atoms with Crippen LogP contribution in [0.25, 0.3) is 0 Å². The monoisotopic (exact) mass is 254 g/mol. The molecule has 0 bridgehead atoms. The zero-order valence-electron chi connectivity index (χ0n) is 11.3. The van der Waals surface area contributed by atoms with E-state index in [2.05, 4.69) is 6.92 Å². The number of amides is 1. The van der Waals surface area contributed by atoms with Crippen LogP contribution in [0.3, 0.4) is 0 Å². The zero-order valence-corrected chi connectivity index (χ0v) is 11.3. The molecule has 18 heavy (non-hydrogen) atoms. The summed E-state index contributed by atoms with van der Waals surface area (Å²) in [5.74, 6) is 1.21. The van der Waals surface area contributed by atoms with Crippen molar-refractivity contribution >= 4 is 5.91 Å². The van der Waals surface area contributed by atoms with Crippen molar-refractivity contribution in [3.8, 4) is 0 Å². The van der Waals surface area contributed by atoms with Gasteiger partial charge in [0.1, 0.15) is 0 Å². The molecule has 1 aliphatic heterocycles. The molecule has 1 saturated heterocycles. The Morgan fingerprint density at radius 2 is 2.17 bits per heavy atom. The normalized spacial score (nSPS) is 37.6. The molecule has 3 N–H and O–H groups in total. The summed E-state index contributed by atoms with van der Waals surface area (Å²) < 4.78 is 0. The fourth-order valence-electron chi connectivity index (χ4n) is 3.25. The van der Waals surface area contributed by atoms with Gasteiger partial charge in [-0.1, -0.05) is 6.92 Å². The Bertz CT molecular complexity index is 288. The van der Waals surface area contributed by atoms with Gasteiger partial charge in [-0.25, -0.2) is 0 Å². The number of carbonyl (C=O) groups excluding carboxylic acids is 1. The van der Waals surface area contributed by atoms with Gasteiger partial charge in [-0.05, 0) is 43.9 Å². The third kappa shape index (κ3) is 3.04. The first-order valence-corrected chi connectivity index (χ1v) is 7.27. The minimum absolute atomic E-state index is 0.119. The molecule has 2 aliphatic rings. The highest BCUT2D eigenvalue weighted by Crippen LogP contribution is 2.30. The molecular weight excluding hydrogens is 228 g/mol. The molecule has 1 heterocycles. The van der Waals surface area contributed by atoms with Crippen LogP contribution in [0, 0.1) is 17.8 Å². The van der Waals surface area contributed by atoms with Crippen molar-refractivity contribution in [2.45, 2.75) is 45.1 Å². The lowest BCUT2D eigenvalue weighted by molar-refractivity contribution is -0.139. The molecule has 104 valence electrons. The van der Waals surface area contributed by atoms with Crippen molar-refractivity contribution in [1.82, 2.24) is 4.90 Å². The number of likely N-dealkylation sites (tertiary alicyclic amines) is 1. The van der Waals surface area contributed by atoms with E-state index in [0.29, 0.717) is 5.92 Å². The second kappa shape index (κ2) is 6.02. The van der Waals surface area contributed by atoms with Gasteiger partial charge in [0.2, 0.25) is 5.91 Å². The van der Waals surface area contributed by atoms with E-state index < -0.39 is 0 Å². The molecule has 2 fully saturated rings. The minimum atomic E-state index is 0.119. The number of hydrogen-bond acceptors (Lipinski definition) is 3. The summed E-state index contributed by atoms with van der Waals surface area (Å²) in [5.41, 5.74) is 6.08. The molecule has 1 aliphatic carbocycles. The average molecular weight is 254 g/mol. The molecule has 1 saturated carbocycles. The van der Waals surface area contributed by atoms with Gasteiger partial charge in [0.25, 0.3) is 0 Å². The number of piperidine rings is 1. The third-order valence-corrected chi connectivity index (χ3v) is 4.70. The number of aliphatic hydroxyl groups excluding tert-OH is 1. The summed E-state index contributed by atoms with van der Waals surface area (Å²) in [6, 6.07) is 0.172. The van der Waals surface area contributed by atoms with Crippen LogP contribution >= 0.6 is 0 Å². The molecule has 4 unspecified atom stereocenters. The number of hydrogen-bond donors (Lipinski definition) is 2. The van der Waals surface area contributed by atoms with Gasteiger partial charge in [-0.15, -0.1) is 0 Å². The van der Waals surface area contributed by atoms with Crippen molar-refractivity contribution in [3.05, 3.63) is 0 Å². The van der Waals surface area contributed by atoms with Crippen molar-refractivity contribution in [3.63, 3.8) is 0 Å². The molecule has 0 radical (unpaired) electrons. The Morgan fingerprint density at radius 3 is 2.83 bits per heavy atom. The van der Waals surface area contributed by atoms with Crippen LogP contribution in [-0.4, -0.2) is 41.7 Å². The molecule has 0 spiro atoms. The molecular formula is C14H26N2O2. The molecule has 0 aromatic carbocycles. The Morgan fingerprint density at radius 1 is 1.39 bits per heavy atom. The maximum Gasteiger partial charge on any atom is 0.225 e. The maximum atomic E-state index is 12.5. The summed E-state index contributed by atoms with van der Waals surface area (Å²) in [6.07, 6.45) is 4.94. The predicted octanol–water partition coefficient (Wildman–Crippen LogP) is 0.981. The third-order valence-electron chi connectivity index (χ3n) is 4.70. The molecule has 1 amide bonds. The number of carbonyl (C=O) groups is 1. The van der Waals surface area contributed by atoms with Crippen LogP contribution < -0.4 is 5.73 Å². The fourth-order valence-corrected chi connectivity index (χ4v) is 3.25. The van der Waals surface area contributed by atoms with E-state index in [9.17, 15) is 9.90 Å². The minimum Gasteiger partial charge on any atom is -0.396 e. The van der Waals surface area contributed by atoms with Crippen molar-refractivity contribution < 1.29 is 9.90 Å². The van der Waals surface area contributed by atoms with E-state index in [1.165, 1.54) is 0 Å². The van der Waals surface area contributed by atoms with Crippen molar-refractivity contribution in [1.29, 1.82) is 0 Å². The van der Waals surface area contributed by atoms with Gasteiger partial charge >= 0.3 is 0 Å². The molecule has 4 heteroatoms. The fraction of sp³-hybridized carbons (Fsp3) is 0.929. The zero-order chi connectivity index (χ0) is 13.1. The number of rotatable bonds is 2. The molecule has 0 aromatic heterocycles. The van der Waals surface area contributed by atoms with E-state index >= 15 is 0 Å². The highest BCUT2D eigenvalue weighted by molar-refractivity contribution is 5.79. The highest BCUT2D eigenvalue weighted by Gasteiger charge is 2.33. The van der Waals surface area contributed by atoms with Crippen LogP contribution in [0.5, 0.6) is 0 Å². The lowest BCUT2D eigenvalue weighted by atomic mass is 9.78. The van der Waals surface area contributed by atoms with Crippen LogP contribution in [0.1, 0.15) is 39.0 Å². The second-order valence-corrected chi connectivity index (χ2v) is 6.13. The van der Waals surface area contributed by atoms with E-state index in [4.69, 9.17) is 5.73 Å². The van der Waals surface area contributed by atoms with E-state index in [-0.39, 0.29) is 30.4 Å². The van der Waals surface area contributed by atoms with E-state index in [0.717, 1.165) is 45.2 Å². The topological polar surface area (TPSA) is 66.6 Å². The van der Waals surface area contributed by atoms with Crippen LogP contribution in [0.15, 0.2) is 0 Å². The van der Waals surface area contributed by atoms with Gasteiger partial charge in [0, 0.05) is 31.7 Å². The van der Waals surface area contributed by atoms with E-state index in [1.54, 1.807) is 0 Å². The number of nitrogens with zero attached hydrogens (tertiary/aromatic N) is 1. The van der Waals surface area contributed by atoms with Crippen molar-refractivity contribution in [2.24, 2.45) is 23.5 Å². The highest BCUT2D eigenvalue weighted by atomic mass is 16.3. The first-order chi connectivity index (χ1) is 8.61. The lowest BCUT2D eigenvalue weighted by Crippen LogP contribution is -2.47. The van der Waals surface area contributed by atoms with Crippen LogP contribution in [0.4, 0.5) is 0 Å². The quantitative estimate of drug-likeness (QED) is 0.772. The first-order valence-electron chi connectivity index (χ1n) is 7.27. The van der Waals surface area contributed by atoms with Gasteiger partial charge in [0.15, 0.2) is 0 Å². The Labute approximate surface area is 110 Å². The summed E-state index contributed by atoms with van der Waals surface area (Å²) in [5, 5.41) is 9.22. The summed E-state index contributed by atoms with van der Waals surface area (Å²) in [7, 11) is 0. The predicted molar refractivity (Wildman–Crippen MR) is 70.9 cm³/mol. The average Bonchev–Trinajstić information content (AvgIpc) is 2.41. The summed E-state index contributed by atoms with van der Waals surface area (Å²) in [4.78, 5) is 14.4. The van der Waals surface area contributed by atoms with Gasteiger partial charge < -0.3 is 15.7 Å². The van der Waals surface area contributed by atoms with Crippen LogP contribution in [0.2, 0.25) is 0 Å². The summed E-state index contributed by atoms with van der Waals surface area (Å²) >= 11 is 0. The van der Waals surface area contributed by atoms with E-state index in [1.807, 2.05) is 4.90 Å². The smallest absolute Gasteiger partial charge is 0.225 e. The largest absolute Gasteiger partial charge is 0.396 e. The Hall–Kier alpha value is -0.610. The van der Waals surface area contributed by atoms with Crippen molar-refractivity contribution in [2.75, 3.05) is 19.7 Å². The first kappa shape index (κ1) is 13.8. The Kier molecular flexibility index (Phi) is 4.62. The van der Waals surface area contributed by atoms with Crippen LogP contribution in [-0.2, 0) is 4.79 Å². The molecule has 4 nitrogen and oxygen atoms in total. The van der Waals surface area contributed by atoms with Gasteiger partial charge in [-0.2, -0.15) is 0 Å². The lowest BCUT2D eigenvalue weighted by Gasteiger charge is -2.37. The molecule has 4 atom stereocenters. The maximum absolute atomic E-state index is 12.5. The second-order valence-electron chi connectivity index (χ2n) is 6.13. The Balaban J connectivity index is 1.90. The molecule has 2 rings (SSSR count). The number of aliphatic hydroxyl groups is 1. The molecule has 0 aromatic rings.